The summed E-state index contributed by atoms with van der Waals surface area (Å²) in [6.07, 6.45) is -4.95. The van der Waals surface area contributed by atoms with Gasteiger partial charge in [-0.1, -0.05) is 11.6 Å². The number of ether oxygens (including phenoxy) is 1. The molecule has 20 heavy (non-hydrogen) atoms. The standard InChI is InChI=1S/C13H18ClF3N2O/c1-8(13(15,16)17)20-11-10(14)5-9(6-18-11)7-19-12(2,3)4/h5-6,8,19H,7H2,1-4H3. The SMILES string of the molecule is CC(Oc1ncc(CNC(C)(C)C)cc1Cl)C(F)(F)F. The first kappa shape index (κ1) is 17.0. The van der Waals surface area contributed by atoms with Gasteiger partial charge in [-0.25, -0.2) is 4.98 Å². The summed E-state index contributed by atoms with van der Waals surface area (Å²) in [7, 11) is 0. The number of nitrogens with zero attached hydrogens (tertiary/aromatic N) is 1. The van der Waals surface area contributed by atoms with E-state index in [-0.39, 0.29) is 16.4 Å². The van der Waals surface area contributed by atoms with Crippen LogP contribution < -0.4 is 10.1 Å². The third-order valence-corrected chi connectivity index (χ3v) is 2.71. The second kappa shape index (κ2) is 6.18. The Balaban J connectivity index is 2.74. The normalized spacial score (nSPS) is 14.2. The van der Waals surface area contributed by atoms with Gasteiger partial charge in [0.25, 0.3) is 0 Å². The zero-order chi connectivity index (χ0) is 15.6. The molecule has 0 saturated carbocycles. The number of nitrogens with one attached hydrogen (secondary N) is 1. The van der Waals surface area contributed by atoms with Crippen molar-refractivity contribution in [1.82, 2.24) is 10.3 Å². The van der Waals surface area contributed by atoms with Crippen molar-refractivity contribution < 1.29 is 17.9 Å². The molecule has 0 saturated heterocycles. The predicted molar refractivity (Wildman–Crippen MR) is 72.0 cm³/mol. The zero-order valence-electron chi connectivity index (χ0n) is 11.8. The summed E-state index contributed by atoms with van der Waals surface area (Å²) in [5.41, 5.74) is 0.698. The van der Waals surface area contributed by atoms with Crippen LogP contribution in [0.3, 0.4) is 0 Å². The molecule has 1 N–H and O–H groups in total. The van der Waals surface area contributed by atoms with Gasteiger partial charge in [0, 0.05) is 18.3 Å². The zero-order valence-corrected chi connectivity index (χ0v) is 12.6. The van der Waals surface area contributed by atoms with E-state index in [0.29, 0.717) is 6.54 Å². The fourth-order valence-electron chi connectivity index (χ4n) is 1.25. The van der Waals surface area contributed by atoms with E-state index in [1.807, 2.05) is 20.8 Å². The average molecular weight is 311 g/mol. The Hall–Kier alpha value is -1.01. The minimum Gasteiger partial charge on any atom is -0.464 e. The molecule has 1 unspecified atom stereocenters. The predicted octanol–water partition coefficient (Wildman–Crippen LogP) is 3.95. The van der Waals surface area contributed by atoms with E-state index >= 15 is 0 Å². The van der Waals surface area contributed by atoms with Gasteiger partial charge in [-0.3, -0.25) is 0 Å². The van der Waals surface area contributed by atoms with E-state index in [0.717, 1.165) is 12.5 Å². The Morgan fingerprint density at radius 1 is 1.35 bits per heavy atom. The van der Waals surface area contributed by atoms with Gasteiger partial charge < -0.3 is 10.1 Å². The number of rotatable bonds is 4. The number of hydrogen-bond donors (Lipinski definition) is 1. The van der Waals surface area contributed by atoms with Crippen molar-refractivity contribution in [1.29, 1.82) is 0 Å². The van der Waals surface area contributed by atoms with Crippen LogP contribution in [-0.2, 0) is 6.54 Å². The Morgan fingerprint density at radius 2 is 1.95 bits per heavy atom. The van der Waals surface area contributed by atoms with Crippen LogP contribution in [-0.4, -0.2) is 22.8 Å². The summed E-state index contributed by atoms with van der Waals surface area (Å²) >= 11 is 5.89. The van der Waals surface area contributed by atoms with Gasteiger partial charge in [0.1, 0.15) is 5.02 Å². The van der Waals surface area contributed by atoms with Gasteiger partial charge in [0.15, 0.2) is 6.10 Å². The first-order valence-corrected chi connectivity index (χ1v) is 6.49. The van der Waals surface area contributed by atoms with Crippen LogP contribution in [0.2, 0.25) is 5.02 Å². The van der Waals surface area contributed by atoms with Crippen LogP contribution >= 0.6 is 11.6 Å². The molecule has 0 aliphatic rings. The molecule has 0 spiro atoms. The minimum absolute atomic E-state index is 0.0642. The molecule has 1 aromatic heterocycles. The topological polar surface area (TPSA) is 34.1 Å². The van der Waals surface area contributed by atoms with Crippen LogP contribution in [0.15, 0.2) is 12.3 Å². The van der Waals surface area contributed by atoms with E-state index in [2.05, 4.69) is 10.3 Å². The smallest absolute Gasteiger partial charge is 0.425 e. The number of pyridine rings is 1. The molecule has 1 heterocycles. The summed E-state index contributed by atoms with van der Waals surface area (Å²) in [6, 6.07) is 1.55. The first-order valence-electron chi connectivity index (χ1n) is 6.12. The van der Waals surface area contributed by atoms with E-state index in [9.17, 15) is 13.2 Å². The summed E-state index contributed by atoms with van der Waals surface area (Å²) in [5.74, 6) is -0.212. The third kappa shape index (κ3) is 5.54. The highest BCUT2D eigenvalue weighted by Gasteiger charge is 2.38. The highest BCUT2D eigenvalue weighted by atomic mass is 35.5. The van der Waals surface area contributed by atoms with Crippen LogP contribution in [0.4, 0.5) is 13.2 Å². The van der Waals surface area contributed by atoms with Crippen molar-refractivity contribution in [2.75, 3.05) is 0 Å². The molecule has 114 valence electrons. The van der Waals surface area contributed by atoms with Gasteiger partial charge in [-0.2, -0.15) is 13.2 Å². The van der Waals surface area contributed by atoms with Crippen molar-refractivity contribution in [3.63, 3.8) is 0 Å². The number of halogens is 4. The van der Waals surface area contributed by atoms with Crippen LogP contribution in [0.1, 0.15) is 33.3 Å². The summed E-state index contributed by atoms with van der Waals surface area (Å²) in [4.78, 5) is 3.84. The Bertz CT molecular complexity index is 458. The van der Waals surface area contributed by atoms with E-state index < -0.39 is 12.3 Å². The molecule has 0 radical (unpaired) electrons. The molecule has 7 heteroatoms. The van der Waals surface area contributed by atoms with E-state index in [1.54, 1.807) is 6.07 Å². The molecule has 0 amide bonds. The third-order valence-electron chi connectivity index (χ3n) is 2.44. The molecule has 1 aromatic rings. The molecular weight excluding hydrogens is 293 g/mol. The van der Waals surface area contributed by atoms with Gasteiger partial charge >= 0.3 is 6.18 Å². The molecule has 0 aromatic carbocycles. The molecule has 0 aliphatic carbocycles. The Kier molecular flexibility index (Phi) is 5.27. The van der Waals surface area contributed by atoms with Gasteiger partial charge in [-0.05, 0) is 39.3 Å². The van der Waals surface area contributed by atoms with Crippen LogP contribution in [0.5, 0.6) is 5.88 Å². The molecule has 0 fully saturated rings. The largest absolute Gasteiger partial charge is 0.464 e. The van der Waals surface area contributed by atoms with Crippen molar-refractivity contribution >= 4 is 11.6 Å². The monoisotopic (exact) mass is 310 g/mol. The molecule has 0 aliphatic heterocycles. The maximum atomic E-state index is 12.4. The number of hydrogen-bond acceptors (Lipinski definition) is 3. The summed E-state index contributed by atoms with van der Waals surface area (Å²) < 4.78 is 41.9. The van der Waals surface area contributed by atoms with Gasteiger partial charge in [-0.15, -0.1) is 0 Å². The van der Waals surface area contributed by atoms with Crippen molar-refractivity contribution in [3.05, 3.63) is 22.8 Å². The second-order valence-corrected chi connectivity index (χ2v) is 5.94. The van der Waals surface area contributed by atoms with Gasteiger partial charge in [0.2, 0.25) is 5.88 Å². The highest BCUT2D eigenvalue weighted by Crippen LogP contribution is 2.28. The Morgan fingerprint density at radius 3 is 2.40 bits per heavy atom. The van der Waals surface area contributed by atoms with E-state index in [4.69, 9.17) is 16.3 Å². The fourth-order valence-corrected chi connectivity index (χ4v) is 1.48. The van der Waals surface area contributed by atoms with Crippen LogP contribution in [0, 0.1) is 0 Å². The minimum atomic E-state index is -4.45. The van der Waals surface area contributed by atoms with Crippen LogP contribution in [0.25, 0.3) is 0 Å². The maximum absolute atomic E-state index is 12.4. The number of aromatic nitrogens is 1. The molecule has 1 atom stereocenters. The lowest BCUT2D eigenvalue weighted by Crippen LogP contribution is -2.35. The maximum Gasteiger partial charge on any atom is 0.425 e. The van der Waals surface area contributed by atoms with Crippen molar-refractivity contribution in [2.45, 2.75) is 52.1 Å². The first-order chi connectivity index (χ1) is 8.99. The van der Waals surface area contributed by atoms with Crippen molar-refractivity contribution in [3.8, 4) is 5.88 Å². The Labute approximate surface area is 121 Å². The van der Waals surface area contributed by atoms with Gasteiger partial charge in [0.05, 0.1) is 0 Å². The summed E-state index contributed by atoms with van der Waals surface area (Å²) in [5, 5.41) is 3.29. The number of alkyl halides is 3. The lowest BCUT2D eigenvalue weighted by atomic mass is 10.1. The van der Waals surface area contributed by atoms with E-state index in [1.165, 1.54) is 6.20 Å². The van der Waals surface area contributed by atoms with Crippen molar-refractivity contribution in [2.24, 2.45) is 0 Å². The molecule has 0 bridgehead atoms. The lowest BCUT2D eigenvalue weighted by Gasteiger charge is -2.21. The average Bonchev–Trinajstić information content (AvgIpc) is 2.27. The second-order valence-electron chi connectivity index (χ2n) is 5.54. The molecule has 3 nitrogen and oxygen atoms in total. The highest BCUT2D eigenvalue weighted by molar-refractivity contribution is 6.31. The molecule has 1 rings (SSSR count). The summed E-state index contributed by atoms with van der Waals surface area (Å²) in [6.45, 7) is 7.44. The quantitative estimate of drug-likeness (QED) is 0.914. The fraction of sp³-hybridized carbons (Fsp3) is 0.615. The molecular formula is C13H18ClF3N2O. The lowest BCUT2D eigenvalue weighted by molar-refractivity contribution is -0.189.